The molecule has 5 heteroatoms. The molecule has 3 aromatic rings. The highest BCUT2D eigenvalue weighted by molar-refractivity contribution is 5.83. The normalized spacial score (nSPS) is 10.5. The van der Waals surface area contributed by atoms with E-state index in [4.69, 9.17) is 4.74 Å². The summed E-state index contributed by atoms with van der Waals surface area (Å²) >= 11 is 0. The molecule has 0 bridgehead atoms. The third-order valence-corrected chi connectivity index (χ3v) is 4.70. The molecule has 0 unspecified atom stereocenters. The first-order chi connectivity index (χ1) is 14.5. The SMILES string of the molecule is Cc1cc(C)cc(OCC(=O)NNC(=O)CC(c2ccccc2)c2ccccc2)c1. The van der Waals surface area contributed by atoms with Crippen LogP contribution in [0.1, 0.15) is 34.6 Å². The molecular weight excluding hydrogens is 376 g/mol. The van der Waals surface area contributed by atoms with Crippen LogP contribution >= 0.6 is 0 Å². The van der Waals surface area contributed by atoms with E-state index in [0.717, 1.165) is 22.3 Å². The van der Waals surface area contributed by atoms with Crippen LogP contribution in [0.25, 0.3) is 0 Å². The van der Waals surface area contributed by atoms with Gasteiger partial charge in [-0.3, -0.25) is 20.4 Å². The quantitative estimate of drug-likeness (QED) is 0.586. The van der Waals surface area contributed by atoms with Gasteiger partial charge in [-0.05, 0) is 48.2 Å². The largest absolute Gasteiger partial charge is 0.484 e. The van der Waals surface area contributed by atoms with E-state index in [1.807, 2.05) is 92.7 Å². The minimum atomic E-state index is -0.418. The molecule has 3 rings (SSSR count). The summed E-state index contributed by atoms with van der Waals surface area (Å²) < 4.78 is 5.52. The van der Waals surface area contributed by atoms with Crippen LogP contribution in [0.4, 0.5) is 0 Å². The Hall–Kier alpha value is -3.60. The zero-order valence-corrected chi connectivity index (χ0v) is 17.2. The van der Waals surface area contributed by atoms with Crippen molar-refractivity contribution in [1.82, 2.24) is 10.9 Å². The van der Waals surface area contributed by atoms with Gasteiger partial charge in [-0.25, -0.2) is 0 Å². The Kier molecular flexibility index (Phi) is 7.22. The van der Waals surface area contributed by atoms with Crippen LogP contribution in [0.15, 0.2) is 78.9 Å². The number of aryl methyl sites for hydroxylation is 2. The van der Waals surface area contributed by atoms with Gasteiger partial charge >= 0.3 is 0 Å². The molecule has 0 aromatic heterocycles. The van der Waals surface area contributed by atoms with Crippen molar-refractivity contribution in [2.24, 2.45) is 0 Å². The number of nitrogens with one attached hydrogen (secondary N) is 2. The first-order valence-corrected chi connectivity index (χ1v) is 9.90. The van der Waals surface area contributed by atoms with Crippen molar-refractivity contribution >= 4 is 11.8 Å². The van der Waals surface area contributed by atoms with Gasteiger partial charge in [0.1, 0.15) is 5.75 Å². The number of hydrazine groups is 1. The van der Waals surface area contributed by atoms with E-state index >= 15 is 0 Å². The van der Waals surface area contributed by atoms with Crippen LogP contribution < -0.4 is 15.6 Å². The fraction of sp³-hybridized carbons (Fsp3) is 0.200. The van der Waals surface area contributed by atoms with Crippen LogP contribution in [-0.4, -0.2) is 18.4 Å². The first kappa shape index (κ1) is 21.1. The second-order valence-electron chi connectivity index (χ2n) is 7.29. The Balaban J connectivity index is 1.54. The number of benzene rings is 3. The van der Waals surface area contributed by atoms with E-state index in [-0.39, 0.29) is 24.9 Å². The number of carbonyl (C=O) groups excluding carboxylic acids is 2. The highest BCUT2D eigenvalue weighted by atomic mass is 16.5. The lowest BCUT2D eigenvalue weighted by molar-refractivity contribution is -0.130. The van der Waals surface area contributed by atoms with Crippen molar-refractivity contribution in [2.75, 3.05) is 6.61 Å². The summed E-state index contributed by atoms with van der Waals surface area (Å²) in [7, 11) is 0. The van der Waals surface area contributed by atoms with Crippen molar-refractivity contribution in [3.8, 4) is 5.75 Å². The zero-order chi connectivity index (χ0) is 21.3. The van der Waals surface area contributed by atoms with Gasteiger partial charge < -0.3 is 4.74 Å². The smallest absolute Gasteiger partial charge is 0.276 e. The zero-order valence-electron chi connectivity index (χ0n) is 17.2. The molecule has 0 spiro atoms. The van der Waals surface area contributed by atoms with E-state index < -0.39 is 5.91 Å². The first-order valence-electron chi connectivity index (χ1n) is 9.90. The molecule has 0 atom stereocenters. The van der Waals surface area contributed by atoms with Crippen molar-refractivity contribution < 1.29 is 14.3 Å². The molecule has 0 saturated heterocycles. The predicted octanol–water partition coefficient (Wildman–Crippen LogP) is 4.05. The Morgan fingerprint density at radius 1 is 0.767 bits per heavy atom. The standard InChI is InChI=1S/C25H26N2O3/c1-18-13-19(2)15-22(14-18)30-17-25(29)27-26-24(28)16-23(20-9-5-3-6-10-20)21-11-7-4-8-12-21/h3-15,23H,16-17H2,1-2H3,(H,26,28)(H,27,29). The molecule has 154 valence electrons. The van der Waals surface area contributed by atoms with Crippen LogP contribution in [-0.2, 0) is 9.59 Å². The molecule has 0 radical (unpaired) electrons. The fourth-order valence-electron chi connectivity index (χ4n) is 3.38. The number of amides is 2. The van der Waals surface area contributed by atoms with Gasteiger partial charge in [-0.2, -0.15) is 0 Å². The average molecular weight is 402 g/mol. The Bertz CT molecular complexity index is 928. The minimum absolute atomic E-state index is 0.101. The molecule has 0 aliphatic carbocycles. The summed E-state index contributed by atoms with van der Waals surface area (Å²) in [5.74, 6) is -0.163. The third kappa shape index (κ3) is 6.21. The van der Waals surface area contributed by atoms with Crippen molar-refractivity contribution in [2.45, 2.75) is 26.2 Å². The lowest BCUT2D eigenvalue weighted by atomic mass is 9.88. The Labute approximate surface area is 177 Å². The second kappa shape index (κ2) is 10.3. The molecule has 0 fully saturated rings. The second-order valence-corrected chi connectivity index (χ2v) is 7.29. The highest BCUT2D eigenvalue weighted by Crippen LogP contribution is 2.27. The highest BCUT2D eigenvalue weighted by Gasteiger charge is 2.18. The Morgan fingerprint density at radius 2 is 1.27 bits per heavy atom. The molecular formula is C25H26N2O3. The maximum Gasteiger partial charge on any atom is 0.276 e. The summed E-state index contributed by atoms with van der Waals surface area (Å²) in [5.41, 5.74) is 9.13. The number of hydrogen-bond acceptors (Lipinski definition) is 3. The van der Waals surface area contributed by atoms with Crippen molar-refractivity contribution in [3.05, 3.63) is 101 Å². The summed E-state index contributed by atoms with van der Waals surface area (Å²) in [5, 5.41) is 0. The number of hydrogen-bond donors (Lipinski definition) is 2. The van der Waals surface area contributed by atoms with Crippen LogP contribution in [0.5, 0.6) is 5.75 Å². The topological polar surface area (TPSA) is 67.4 Å². The van der Waals surface area contributed by atoms with E-state index in [1.54, 1.807) is 0 Å². The van der Waals surface area contributed by atoms with E-state index in [9.17, 15) is 9.59 Å². The molecule has 3 aromatic carbocycles. The van der Waals surface area contributed by atoms with Gasteiger partial charge in [-0.1, -0.05) is 66.7 Å². The molecule has 0 aliphatic rings. The minimum Gasteiger partial charge on any atom is -0.484 e. The predicted molar refractivity (Wildman–Crippen MR) is 117 cm³/mol. The lowest BCUT2D eigenvalue weighted by Gasteiger charge is -2.18. The maximum absolute atomic E-state index is 12.5. The number of carbonyl (C=O) groups is 2. The van der Waals surface area contributed by atoms with Crippen molar-refractivity contribution in [1.29, 1.82) is 0 Å². The van der Waals surface area contributed by atoms with E-state index in [2.05, 4.69) is 10.9 Å². The monoisotopic (exact) mass is 402 g/mol. The van der Waals surface area contributed by atoms with Gasteiger partial charge in [0.15, 0.2) is 6.61 Å². The van der Waals surface area contributed by atoms with Gasteiger partial charge in [-0.15, -0.1) is 0 Å². The lowest BCUT2D eigenvalue weighted by Crippen LogP contribution is -2.44. The van der Waals surface area contributed by atoms with Gasteiger partial charge in [0.2, 0.25) is 5.91 Å². The molecule has 30 heavy (non-hydrogen) atoms. The Morgan fingerprint density at radius 3 is 1.80 bits per heavy atom. The molecule has 5 nitrogen and oxygen atoms in total. The molecule has 0 saturated carbocycles. The van der Waals surface area contributed by atoms with Crippen LogP contribution in [0.3, 0.4) is 0 Å². The van der Waals surface area contributed by atoms with Gasteiger partial charge in [0.25, 0.3) is 5.91 Å². The average Bonchev–Trinajstić information content (AvgIpc) is 2.75. The summed E-state index contributed by atoms with van der Waals surface area (Å²) in [6.45, 7) is 3.76. The number of rotatable bonds is 7. The van der Waals surface area contributed by atoms with E-state index in [1.165, 1.54) is 0 Å². The summed E-state index contributed by atoms with van der Waals surface area (Å²) in [6, 6.07) is 25.5. The van der Waals surface area contributed by atoms with Gasteiger partial charge in [0, 0.05) is 12.3 Å². The summed E-state index contributed by atoms with van der Waals surface area (Å²) in [6.07, 6.45) is 0.215. The van der Waals surface area contributed by atoms with Crippen LogP contribution in [0.2, 0.25) is 0 Å². The summed E-state index contributed by atoms with van der Waals surface area (Å²) in [4.78, 5) is 24.6. The van der Waals surface area contributed by atoms with Crippen molar-refractivity contribution in [3.63, 3.8) is 0 Å². The van der Waals surface area contributed by atoms with E-state index in [0.29, 0.717) is 5.75 Å². The maximum atomic E-state index is 12.5. The molecule has 0 aliphatic heterocycles. The molecule has 2 N–H and O–H groups in total. The molecule has 0 heterocycles. The molecule has 2 amide bonds. The van der Waals surface area contributed by atoms with Crippen LogP contribution in [0, 0.1) is 13.8 Å². The number of ether oxygens (including phenoxy) is 1. The van der Waals surface area contributed by atoms with Gasteiger partial charge in [0.05, 0.1) is 0 Å². The fourth-order valence-corrected chi connectivity index (χ4v) is 3.38. The third-order valence-electron chi connectivity index (χ3n) is 4.70.